The minimum Gasteiger partial charge on any atom is -0.465 e. The fourth-order valence-corrected chi connectivity index (χ4v) is 3.66. The van der Waals surface area contributed by atoms with Crippen LogP contribution in [-0.2, 0) is 17.7 Å². The van der Waals surface area contributed by atoms with Gasteiger partial charge in [-0.25, -0.2) is 4.79 Å². The van der Waals surface area contributed by atoms with E-state index in [1.165, 1.54) is 34.8 Å². The van der Waals surface area contributed by atoms with Crippen LogP contribution in [0, 0.1) is 0 Å². The number of benzene rings is 3. The third-order valence-corrected chi connectivity index (χ3v) is 5.13. The van der Waals surface area contributed by atoms with Crippen molar-refractivity contribution >= 4 is 16.9 Å². The van der Waals surface area contributed by atoms with Crippen molar-refractivity contribution in [3.63, 3.8) is 0 Å². The molecule has 0 saturated carbocycles. The SMILES string of the molecule is CCc1ccc2c(c1)cc(-c1ccccc1)n2Cc1cccc(C(=O)OC)c1. The standard InChI is InChI=1S/C25H23NO2/c1-3-18-12-13-23-22(14-18)16-24(20-9-5-4-6-10-20)26(23)17-19-8-7-11-21(15-19)25(27)28-2/h4-16H,3,17H2,1-2H3. The van der Waals surface area contributed by atoms with E-state index in [1.807, 2.05) is 24.3 Å². The molecule has 0 aliphatic heterocycles. The molecule has 0 aliphatic rings. The molecule has 4 aromatic rings. The number of ether oxygens (including phenoxy) is 1. The van der Waals surface area contributed by atoms with Crippen LogP contribution in [0.2, 0.25) is 0 Å². The first-order valence-corrected chi connectivity index (χ1v) is 9.54. The molecule has 0 saturated heterocycles. The number of methoxy groups -OCH3 is 1. The summed E-state index contributed by atoms with van der Waals surface area (Å²) in [6.45, 7) is 2.86. The van der Waals surface area contributed by atoms with Gasteiger partial charge < -0.3 is 9.30 Å². The van der Waals surface area contributed by atoms with Crippen LogP contribution in [0.15, 0.2) is 78.9 Å². The highest BCUT2D eigenvalue weighted by Crippen LogP contribution is 2.30. The second kappa shape index (κ2) is 7.73. The number of hydrogen-bond donors (Lipinski definition) is 0. The Bertz CT molecular complexity index is 1130. The Hall–Kier alpha value is -3.33. The van der Waals surface area contributed by atoms with Gasteiger partial charge in [-0.2, -0.15) is 0 Å². The monoisotopic (exact) mass is 369 g/mol. The molecule has 3 nitrogen and oxygen atoms in total. The molecule has 3 heteroatoms. The Balaban J connectivity index is 1.84. The highest BCUT2D eigenvalue weighted by Gasteiger charge is 2.13. The predicted molar refractivity (Wildman–Crippen MR) is 114 cm³/mol. The van der Waals surface area contributed by atoms with E-state index in [1.54, 1.807) is 6.07 Å². The number of fused-ring (bicyclic) bond motifs is 1. The molecule has 140 valence electrons. The van der Waals surface area contributed by atoms with Gasteiger partial charge in [-0.05, 0) is 53.4 Å². The van der Waals surface area contributed by atoms with Gasteiger partial charge in [-0.15, -0.1) is 0 Å². The Kier molecular flexibility index (Phi) is 4.98. The molecule has 4 rings (SSSR count). The maximum absolute atomic E-state index is 11.9. The van der Waals surface area contributed by atoms with Gasteiger partial charge in [-0.3, -0.25) is 0 Å². The van der Waals surface area contributed by atoms with Crippen LogP contribution in [0.25, 0.3) is 22.2 Å². The molecule has 0 N–H and O–H groups in total. The lowest BCUT2D eigenvalue weighted by Gasteiger charge is -2.12. The molecule has 0 atom stereocenters. The first-order chi connectivity index (χ1) is 13.7. The summed E-state index contributed by atoms with van der Waals surface area (Å²) in [7, 11) is 1.41. The molecule has 0 amide bonds. The molecule has 1 heterocycles. The molecule has 0 fully saturated rings. The van der Waals surface area contributed by atoms with Crippen molar-refractivity contribution in [1.82, 2.24) is 4.57 Å². The Morgan fingerprint density at radius 3 is 2.46 bits per heavy atom. The Morgan fingerprint density at radius 1 is 0.893 bits per heavy atom. The van der Waals surface area contributed by atoms with Gasteiger partial charge in [-0.1, -0.05) is 55.5 Å². The van der Waals surface area contributed by atoms with Crippen LogP contribution in [0.5, 0.6) is 0 Å². The summed E-state index contributed by atoms with van der Waals surface area (Å²) < 4.78 is 7.19. The number of esters is 1. The van der Waals surface area contributed by atoms with E-state index >= 15 is 0 Å². The van der Waals surface area contributed by atoms with E-state index in [9.17, 15) is 4.79 Å². The number of hydrogen-bond acceptors (Lipinski definition) is 2. The van der Waals surface area contributed by atoms with Gasteiger partial charge in [0, 0.05) is 23.1 Å². The topological polar surface area (TPSA) is 31.2 Å². The van der Waals surface area contributed by atoms with Gasteiger partial charge in [0.2, 0.25) is 0 Å². The predicted octanol–water partition coefficient (Wildman–Crippen LogP) is 5.71. The van der Waals surface area contributed by atoms with Gasteiger partial charge >= 0.3 is 5.97 Å². The molecule has 0 unspecified atom stereocenters. The second-order valence-corrected chi connectivity index (χ2v) is 6.92. The molecule has 0 aliphatic carbocycles. The van der Waals surface area contributed by atoms with Crippen LogP contribution in [0.1, 0.15) is 28.4 Å². The Morgan fingerprint density at radius 2 is 1.71 bits per heavy atom. The van der Waals surface area contributed by atoms with Crippen molar-refractivity contribution in [3.8, 4) is 11.3 Å². The van der Waals surface area contributed by atoms with Crippen LogP contribution in [0.3, 0.4) is 0 Å². The van der Waals surface area contributed by atoms with E-state index in [0.717, 1.165) is 12.0 Å². The van der Waals surface area contributed by atoms with Crippen molar-refractivity contribution in [2.75, 3.05) is 7.11 Å². The quantitative estimate of drug-likeness (QED) is 0.422. The molecule has 1 aromatic heterocycles. The number of aryl methyl sites for hydroxylation is 1. The lowest BCUT2D eigenvalue weighted by molar-refractivity contribution is 0.0600. The summed E-state index contributed by atoms with van der Waals surface area (Å²) in [5.41, 5.74) is 6.52. The molecular formula is C25H23NO2. The number of nitrogens with zero attached hydrogens (tertiary/aromatic N) is 1. The van der Waals surface area contributed by atoms with E-state index in [2.05, 4.69) is 60.0 Å². The fraction of sp³-hybridized carbons (Fsp3) is 0.160. The summed E-state index contributed by atoms with van der Waals surface area (Å²) in [6, 6.07) is 27.0. The number of carbonyl (C=O) groups is 1. The van der Waals surface area contributed by atoms with Crippen molar-refractivity contribution in [1.29, 1.82) is 0 Å². The van der Waals surface area contributed by atoms with Crippen LogP contribution >= 0.6 is 0 Å². The molecule has 0 bridgehead atoms. The Labute approximate surface area is 165 Å². The van der Waals surface area contributed by atoms with Crippen LogP contribution in [-0.4, -0.2) is 17.6 Å². The van der Waals surface area contributed by atoms with Crippen molar-refractivity contribution in [2.24, 2.45) is 0 Å². The summed E-state index contributed by atoms with van der Waals surface area (Å²) in [5, 5.41) is 1.24. The first kappa shape index (κ1) is 18.1. The van der Waals surface area contributed by atoms with Gasteiger partial charge in [0.1, 0.15) is 0 Å². The molecule has 0 spiro atoms. The van der Waals surface area contributed by atoms with Crippen molar-refractivity contribution in [2.45, 2.75) is 19.9 Å². The van der Waals surface area contributed by atoms with Gasteiger partial charge in [0.05, 0.1) is 12.7 Å². The largest absolute Gasteiger partial charge is 0.465 e. The summed E-state index contributed by atoms with van der Waals surface area (Å²) in [4.78, 5) is 11.9. The van der Waals surface area contributed by atoms with Crippen molar-refractivity contribution < 1.29 is 9.53 Å². The fourth-order valence-electron chi connectivity index (χ4n) is 3.66. The van der Waals surface area contributed by atoms with Crippen LogP contribution < -0.4 is 0 Å². The highest BCUT2D eigenvalue weighted by atomic mass is 16.5. The molecule has 28 heavy (non-hydrogen) atoms. The average molecular weight is 369 g/mol. The minimum absolute atomic E-state index is 0.310. The van der Waals surface area contributed by atoms with E-state index < -0.39 is 0 Å². The summed E-state index contributed by atoms with van der Waals surface area (Å²) in [6.07, 6.45) is 1.02. The van der Waals surface area contributed by atoms with Crippen molar-refractivity contribution in [3.05, 3.63) is 95.6 Å². The summed E-state index contributed by atoms with van der Waals surface area (Å²) >= 11 is 0. The van der Waals surface area contributed by atoms with Gasteiger partial charge in [0.15, 0.2) is 0 Å². The third kappa shape index (κ3) is 3.44. The smallest absolute Gasteiger partial charge is 0.337 e. The lowest BCUT2D eigenvalue weighted by atomic mass is 10.1. The first-order valence-electron chi connectivity index (χ1n) is 9.54. The lowest BCUT2D eigenvalue weighted by Crippen LogP contribution is -2.05. The second-order valence-electron chi connectivity index (χ2n) is 6.92. The van der Waals surface area contributed by atoms with Gasteiger partial charge in [0.25, 0.3) is 0 Å². The normalized spacial score (nSPS) is 10.9. The zero-order chi connectivity index (χ0) is 19.5. The maximum atomic E-state index is 11.9. The molecule has 3 aromatic carbocycles. The number of carbonyl (C=O) groups excluding carboxylic acids is 1. The van der Waals surface area contributed by atoms with Crippen LogP contribution in [0.4, 0.5) is 0 Å². The summed E-state index contributed by atoms with van der Waals surface area (Å²) in [5.74, 6) is -0.310. The van der Waals surface area contributed by atoms with E-state index in [-0.39, 0.29) is 5.97 Å². The van der Waals surface area contributed by atoms with E-state index in [0.29, 0.717) is 12.1 Å². The van der Waals surface area contributed by atoms with E-state index in [4.69, 9.17) is 4.74 Å². The highest BCUT2D eigenvalue weighted by molar-refractivity contribution is 5.90. The third-order valence-electron chi connectivity index (χ3n) is 5.13. The molecule has 0 radical (unpaired) electrons. The maximum Gasteiger partial charge on any atom is 0.337 e. The zero-order valence-electron chi connectivity index (χ0n) is 16.2. The minimum atomic E-state index is -0.310. The average Bonchev–Trinajstić information content (AvgIpc) is 3.11. The number of aromatic nitrogens is 1. The zero-order valence-corrected chi connectivity index (χ0v) is 16.2. The number of rotatable bonds is 5. The molecular weight excluding hydrogens is 346 g/mol.